The molecule has 0 saturated carbocycles. The quantitative estimate of drug-likeness (QED) is 0.898. The van der Waals surface area contributed by atoms with Gasteiger partial charge in [0.2, 0.25) is 0 Å². The smallest absolute Gasteiger partial charge is 0.183 e. The van der Waals surface area contributed by atoms with Crippen LogP contribution in [-0.2, 0) is 21.3 Å². The van der Waals surface area contributed by atoms with Crippen molar-refractivity contribution in [2.45, 2.75) is 23.8 Å². The predicted octanol–water partition coefficient (Wildman–Crippen LogP) is 2.52. The van der Waals surface area contributed by atoms with Gasteiger partial charge in [-0.05, 0) is 30.5 Å². The van der Waals surface area contributed by atoms with Crippen LogP contribution in [0.1, 0.15) is 24.1 Å². The van der Waals surface area contributed by atoms with Crippen molar-refractivity contribution in [2.75, 3.05) is 18.5 Å². The maximum atomic E-state index is 12.5. The van der Waals surface area contributed by atoms with E-state index in [1.807, 2.05) is 30.3 Å². The van der Waals surface area contributed by atoms with E-state index >= 15 is 0 Å². The van der Waals surface area contributed by atoms with E-state index in [0.29, 0.717) is 24.8 Å². The van der Waals surface area contributed by atoms with Crippen molar-refractivity contribution < 1.29 is 8.95 Å². The van der Waals surface area contributed by atoms with Gasteiger partial charge in [-0.15, -0.1) is 0 Å². The Morgan fingerprint density at radius 3 is 2.88 bits per heavy atom. The molecule has 3 rings (SSSR count). The molecule has 1 aromatic carbocycles. The van der Waals surface area contributed by atoms with Gasteiger partial charge in [-0.3, -0.25) is 4.21 Å². The molecule has 2 aromatic rings. The van der Waals surface area contributed by atoms with Crippen LogP contribution in [0.25, 0.3) is 0 Å². The highest BCUT2D eigenvalue weighted by Crippen LogP contribution is 2.21. The van der Waals surface area contributed by atoms with Crippen molar-refractivity contribution in [3.8, 4) is 6.07 Å². The van der Waals surface area contributed by atoms with Crippen LogP contribution in [0.5, 0.6) is 0 Å². The van der Waals surface area contributed by atoms with Gasteiger partial charge in [0.05, 0.1) is 0 Å². The molecule has 0 aliphatic carbocycles. The normalized spacial score (nSPS) is 16.3. The largest absolute Gasteiger partial charge is 0.381 e. The average molecular weight is 342 g/mol. The Balaban J connectivity index is 1.70. The summed E-state index contributed by atoms with van der Waals surface area (Å²) in [5.41, 5.74) is 2.04. The fourth-order valence-electron chi connectivity index (χ4n) is 2.61. The van der Waals surface area contributed by atoms with Gasteiger partial charge in [-0.1, -0.05) is 12.1 Å². The fourth-order valence-corrected chi connectivity index (χ4v) is 4.07. The van der Waals surface area contributed by atoms with Gasteiger partial charge in [-0.25, -0.2) is 9.97 Å². The third kappa shape index (κ3) is 4.16. The number of rotatable bonds is 5. The van der Waals surface area contributed by atoms with Crippen molar-refractivity contribution in [3.05, 3.63) is 47.9 Å². The Kier molecular flexibility index (Phi) is 5.51. The van der Waals surface area contributed by atoms with Crippen LogP contribution in [0.2, 0.25) is 0 Å². The Bertz CT molecular complexity index is 769. The minimum Gasteiger partial charge on any atom is -0.381 e. The highest BCUT2D eigenvalue weighted by molar-refractivity contribution is 7.84. The number of nitriles is 1. The van der Waals surface area contributed by atoms with Gasteiger partial charge >= 0.3 is 0 Å². The van der Waals surface area contributed by atoms with Crippen LogP contribution in [0.4, 0.5) is 11.5 Å². The molecule has 124 valence electrons. The molecule has 24 heavy (non-hydrogen) atoms. The Hall–Kier alpha value is -2.30. The van der Waals surface area contributed by atoms with Crippen LogP contribution >= 0.6 is 0 Å². The summed E-state index contributed by atoms with van der Waals surface area (Å²) in [7, 11) is -0.906. The Morgan fingerprint density at radius 1 is 1.29 bits per heavy atom. The molecule has 6 nitrogen and oxygen atoms in total. The molecular formula is C17H18N4O2S. The van der Waals surface area contributed by atoms with Crippen molar-refractivity contribution in [2.24, 2.45) is 0 Å². The standard InChI is InChI=1S/C17H18N4O2S/c18-11-16-17(20-7-6-19-16)21-14-3-1-2-13(10-14)12-24(22)15-4-8-23-9-5-15/h1-3,6-7,10,15H,4-5,8-9,12H2,(H,20,21)/t24-/m1/s1. The number of benzene rings is 1. The summed E-state index contributed by atoms with van der Waals surface area (Å²) in [5.74, 6) is 0.939. The highest BCUT2D eigenvalue weighted by atomic mass is 32.2. The second kappa shape index (κ2) is 7.99. The number of anilines is 2. The molecule has 1 aliphatic heterocycles. The van der Waals surface area contributed by atoms with Gasteiger partial charge in [0, 0.05) is 53.1 Å². The molecule has 0 radical (unpaired) electrons. The van der Waals surface area contributed by atoms with Crippen molar-refractivity contribution in [1.29, 1.82) is 5.26 Å². The summed E-state index contributed by atoms with van der Waals surface area (Å²) < 4.78 is 17.8. The predicted molar refractivity (Wildman–Crippen MR) is 92.2 cm³/mol. The van der Waals surface area contributed by atoms with E-state index in [1.165, 1.54) is 12.4 Å². The van der Waals surface area contributed by atoms with Gasteiger partial charge in [0.1, 0.15) is 6.07 Å². The SMILES string of the molecule is N#Cc1nccnc1Nc1cccc(C[S@@](=O)C2CCOCC2)c1. The molecule has 1 atom stereocenters. The van der Waals surface area contributed by atoms with Gasteiger partial charge in [0.25, 0.3) is 0 Å². The molecular weight excluding hydrogens is 324 g/mol. The maximum Gasteiger partial charge on any atom is 0.183 e. The molecule has 1 N–H and O–H groups in total. The third-order valence-corrected chi connectivity index (χ3v) is 5.68. The molecule has 1 aromatic heterocycles. The molecule has 1 saturated heterocycles. The molecule has 1 fully saturated rings. The molecule has 2 heterocycles. The first-order valence-electron chi connectivity index (χ1n) is 7.78. The highest BCUT2D eigenvalue weighted by Gasteiger charge is 2.20. The molecule has 0 amide bonds. The van der Waals surface area contributed by atoms with Gasteiger partial charge in [0.15, 0.2) is 11.5 Å². The van der Waals surface area contributed by atoms with Crippen LogP contribution in [-0.4, -0.2) is 32.6 Å². The number of nitrogens with one attached hydrogen (secondary N) is 1. The van der Waals surface area contributed by atoms with E-state index in [0.717, 1.165) is 24.1 Å². The first-order valence-corrected chi connectivity index (χ1v) is 9.16. The van der Waals surface area contributed by atoms with Crippen molar-refractivity contribution in [3.63, 3.8) is 0 Å². The lowest BCUT2D eigenvalue weighted by molar-refractivity contribution is 0.0992. The van der Waals surface area contributed by atoms with Crippen LogP contribution in [0, 0.1) is 11.3 Å². The molecule has 0 unspecified atom stereocenters. The number of hydrogen-bond donors (Lipinski definition) is 1. The summed E-state index contributed by atoms with van der Waals surface area (Å²) in [6, 6.07) is 9.70. The number of nitrogens with zero attached hydrogens (tertiary/aromatic N) is 3. The first kappa shape index (κ1) is 16.6. The first-order chi connectivity index (χ1) is 11.8. The average Bonchev–Trinajstić information content (AvgIpc) is 2.63. The van der Waals surface area contributed by atoms with E-state index in [4.69, 9.17) is 10.00 Å². The minimum absolute atomic E-state index is 0.209. The number of aromatic nitrogens is 2. The van der Waals surface area contributed by atoms with Crippen molar-refractivity contribution in [1.82, 2.24) is 9.97 Å². The zero-order chi connectivity index (χ0) is 16.8. The third-order valence-electron chi connectivity index (χ3n) is 3.84. The van der Waals surface area contributed by atoms with E-state index in [2.05, 4.69) is 15.3 Å². The zero-order valence-electron chi connectivity index (χ0n) is 13.1. The van der Waals surface area contributed by atoms with Gasteiger partial charge < -0.3 is 10.1 Å². The summed E-state index contributed by atoms with van der Waals surface area (Å²) in [6.07, 6.45) is 4.73. The topological polar surface area (TPSA) is 87.9 Å². The molecule has 0 spiro atoms. The lowest BCUT2D eigenvalue weighted by atomic mass is 10.2. The molecule has 1 aliphatic rings. The fraction of sp³-hybridized carbons (Fsp3) is 0.353. The lowest BCUT2D eigenvalue weighted by Gasteiger charge is -2.21. The van der Waals surface area contributed by atoms with Gasteiger partial charge in [-0.2, -0.15) is 5.26 Å². The van der Waals surface area contributed by atoms with E-state index in [1.54, 1.807) is 0 Å². The second-order valence-corrected chi connectivity index (χ2v) is 7.24. The summed E-state index contributed by atoms with van der Waals surface area (Å²) >= 11 is 0. The second-order valence-electron chi connectivity index (χ2n) is 5.53. The maximum absolute atomic E-state index is 12.5. The van der Waals surface area contributed by atoms with E-state index in [-0.39, 0.29) is 10.9 Å². The van der Waals surface area contributed by atoms with Crippen molar-refractivity contribution >= 4 is 22.3 Å². The van der Waals surface area contributed by atoms with Crippen LogP contribution in [0.15, 0.2) is 36.7 Å². The number of hydrogen-bond acceptors (Lipinski definition) is 6. The summed E-state index contributed by atoms with van der Waals surface area (Å²) in [5, 5.41) is 12.4. The Morgan fingerprint density at radius 2 is 2.08 bits per heavy atom. The molecule has 7 heteroatoms. The van der Waals surface area contributed by atoms with Crippen LogP contribution in [0.3, 0.4) is 0 Å². The molecule has 0 bridgehead atoms. The Labute approximate surface area is 143 Å². The van der Waals surface area contributed by atoms with Crippen LogP contribution < -0.4 is 5.32 Å². The summed E-state index contributed by atoms with van der Waals surface area (Å²) in [4.78, 5) is 8.12. The monoisotopic (exact) mass is 342 g/mol. The zero-order valence-corrected chi connectivity index (χ0v) is 14.0. The minimum atomic E-state index is -0.906. The van der Waals surface area contributed by atoms with E-state index < -0.39 is 10.8 Å². The lowest BCUT2D eigenvalue weighted by Crippen LogP contribution is -2.25. The van der Waals surface area contributed by atoms with E-state index in [9.17, 15) is 4.21 Å². The summed E-state index contributed by atoms with van der Waals surface area (Å²) in [6.45, 7) is 1.39. The number of ether oxygens (including phenoxy) is 1.